The standard InChI is InChI=1S/C28H26N6O6/c35-27-25(21-15-29-23-7-5-17(33(37)38)13-19(21)23)26(28(36)30-27)22-16-32(12-4-11-31-9-2-1-3-10-31)24-8-6-18(34(39)40)14-20(22)24/h5-8,13-16,29H,1-4,9-12H2,(H,30,35,36). The van der Waals surface area contributed by atoms with Gasteiger partial charge < -0.3 is 14.5 Å². The number of rotatable bonds is 8. The van der Waals surface area contributed by atoms with Gasteiger partial charge in [-0.3, -0.25) is 35.1 Å². The topological polar surface area (TPSA) is 156 Å². The number of hydrogen-bond acceptors (Lipinski definition) is 7. The Hall–Kier alpha value is -4.84. The fraction of sp³-hybridized carbons (Fsp3) is 0.286. The fourth-order valence-corrected chi connectivity index (χ4v) is 5.83. The minimum atomic E-state index is -0.635. The Balaban J connectivity index is 1.49. The third-order valence-electron chi connectivity index (χ3n) is 7.74. The number of amides is 2. The van der Waals surface area contributed by atoms with Gasteiger partial charge in [-0.25, -0.2) is 0 Å². The summed E-state index contributed by atoms with van der Waals surface area (Å²) in [5.74, 6) is -1.26. The van der Waals surface area contributed by atoms with Gasteiger partial charge in [-0.15, -0.1) is 0 Å². The molecule has 6 rings (SSSR count). The second-order valence-electron chi connectivity index (χ2n) is 10.2. The number of fused-ring (bicyclic) bond motifs is 2. The first-order valence-corrected chi connectivity index (χ1v) is 13.2. The SMILES string of the molecule is O=C1NC(=O)C(c2cn(CCCN3CCCCC3)c3ccc([N+](=O)[O-])cc23)=C1c1c[nH]c2ccc([N+](=O)[O-])cc12. The lowest BCUT2D eigenvalue weighted by molar-refractivity contribution is -0.384. The highest BCUT2D eigenvalue weighted by Crippen LogP contribution is 2.39. The van der Waals surface area contributed by atoms with Crippen LogP contribution in [0, 0.1) is 20.2 Å². The maximum absolute atomic E-state index is 13.2. The highest BCUT2D eigenvalue weighted by molar-refractivity contribution is 6.50. The lowest BCUT2D eigenvalue weighted by Crippen LogP contribution is -2.31. The summed E-state index contributed by atoms with van der Waals surface area (Å²) >= 11 is 0. The van der Waals surface area contributed by atoms with Crippen LogP contribution in [0.5, 0.6) is 0 Å². The van der Waals surface area contributed by atoms with E-state index in [1.54, 1.807) is 24.5 Å². The van der Waals surface area contributed by atoms with Crippen molar-refractivity contribution >= 4 is 56.1 Å². The van der Waals surface area contributed by atoms with Crippen LogP contribution in [0.2, 0.25) is 0 Å². The fourth-order valence-electron chi connectivity index (χ4n) is 5.83. The largest absolute Gasteiger partial charge is 0.361 e. The number of non-ortho nitro benzene ring substituents is 2. The van der Waals surface area contributed by atoms with Crippen molar-refractivity contribution < 1.29 is 19.4 Å². The molecule has 0 atom stereocenters. The number of aromatic amines is 1. The first-order valence-electron chi connectivity index (χ1n) is 13.2. The molecule has 4 heterocycles. The number of aromatic nitrogens is 2. The van der Waals surface area contributed by atoms with Crippen molar-refractivity contribution in [2.45, 2.75) is 32.2 Å². The molecule has 2 aromatic carbocycles. The van der Waals surface area contributed by atoms with E-state index in [0.717, 1.165) is 26.1 Å². The molecule has 2 aliphatic rings. The smallest absolute Gasteiger partial charge is 0.270 e. The predicted octanol–water partition coefficient (Wildman–Crippen LogP) is 4.38. The van der Waals surface area contributed by atoms with E-state index in [1.807, 2.05) is 4.57 Å². The lowest BCUT2D eigenvalue weighted by Gasteiger charge is -2.26. The monoisotopic (exact) mass is 542 g/mol. The third-order valence-corrected chi connectivity index (χ3v) is 7.74. The number of piperidine rings is 1. The third kappa shape index (κ3) is 4.41. The van der Waals surface area contributed by atoms with E-state index >= 15 is 0 Å². The molecular weight excluding hydrogens is 516 g/mol. The number of carbonyl (C=O) groups excluding carboxylic acids is 2. The summed E-state index contributed by atoms with van der Waals surface area (Å²) in [5, 5.41) is 26.3. The molecule has 12 nitrogen and oxygen atoms in total. The second-order valence-corrected chi connectivity index (χ2v) is 10.2. The van der Waals surface area contributed by atoms with Crippen LogP contribution in [-0.2, 0) is 16.1 Å². The van der Waals surface area contributed by atoms with Crippen LogP contribution in [-0.4, -0.2) is 55.7 Å². The van der Waals surface area contributed by atoms with Crippen molar-refractivity contribution in [1.29, 1.82) is 0 Å². The van der Waals surface area contributed by atoms with Gasteiger partial charge in [0.05, 0.1) is 21.0 Å². The Kier molecular flexibility index (Phi) is 6.39. The van der Waals surface area contributed by atoms with Crippen molar-refractivity contribution in [1.82, 2.24) is 19.8 Å². The zero-order chi connectivity index (χ0) is 28.0. The molecule has 0 radical (unpaired) electrons. The highest BCUT2D eigenvalue weighted by Gasteiger charge is 2.35. The first-order chi connectivity index (χ1) is 19.3. The summed E-state index contributed by atoms with van der Waals surface area (Å²) in [6.07, 6.45) is 7.80. The van der Waals surface area contributed by atoms with Crippen molar-refractivity contribution in [3.05, 3.63) is 80.1 Å². The Morgan fingerprint density at radius 3 is 2.15 bits per heavy atom. The predicted molar refractivity (Wildman–Crippen MR) is 148 cm³/mol. The van der Waals surface area contributed by atoms with Crippen molar-refractivity contribution in [3.63, 3.8) is 0 Å². The van der Waals surface area contributed by atoms with Gasteiger partial charge in [-0.1, -0.05) is 6.42 Å². The van der Waals surface area contributed by atoms with Crippen LogP contribution in [0.4, 0.5) is 11.4 Å². The number of imide groups is 1. The quantitative estimate of drug-likeness (QED) is 0.190. The molecule has 4 aromatic rings. The van der Waals surface area contributed by atoms with Crippen molar-refractivity contribution in [3.8, 4) is 0 Å². The molecule has 0 saturated carbocycles. The van der Waals surface area contributed by atoms with Crippen molar-refractivity contribution in [2.24, 2.45) is 0 Å². The summed E-state index contributed by atoms with van der Waals surface area (Å²) in [7, 11) is 0. The normalized spacial score (nSPS) is 16.3. The van der Waals surface area contributed by atoms with Crippen LogP contribution >= 0.6 is 0 Å². The van der Waals surface area contributed by atoms with Gasteiger partial charge in [-0.05, 0) is 51.0 Å². The molecule has 12 heteroatoms. The van der Waals surface area contributed by atoms with E-state index in [4.69, 9.17) is 0 Å². The summed E-state index contributed by atoms with van der Waals surface area (Å²) in [6, 6.07) is 8.78. The number of carbonyl (C=O) groups is 2. The molecule has 204 valence electrons. The Morgan fingerprint density at radius 2 is 1.45 bits per heavy atom. The molecular formula is C28H26N6O6. The van der Waals surface area contributed by atoms with Gasteiger partial charge in [-0.2, -0.15) is 0 Å². The van der Waals surface area contributed by atoms with Gasteiger partial charge in [0.15, 0.2) is 0 Å². The van der Waals surface area contributed by atoms with Crippen LogP contribution < -0.4 is 5.32 Å². The summed E-state index contributed by atoms with van der Waals surface area (Å²) in [6.45, 7) is 3.70. The summed E-state index contributed by atoms with van der Waals surface area (Å²) < 4.78 is 1.97. The van der Waals surface area contributed by atoms with Crippen LogP contribution in [0.3, 0.4) is 0 Å². The molecule has 40 heavy (non-hydrogen) atoms. The number of nitro groups is 2. The number of nitro benzene ring substituents is 2. The highest BCUT2D eigenvalue weighted by atomic mass is 16.6. The van der Waals surface area contributed by atoms with Crippen LogP contribution in [0.15, 0.2) is 48.8 Å². The molecule has 2 N–H and O–H groups in total. The molecule has 2 aromatic heterocycles. The molecule has 2 amide bonds. The molecule has 0 bridgehead atoms. The number of benzene rings is 2. The van der Waals surface area contributed by atoms with E-state index in [1.165, 1.54) is 43.5 Å². The number of hydrogen-bond donors (Lipinski definition) is 2. The molecule has 1 fully saturated rings. The van der Waals surface area contributed by atoms with E-state index < -0.39 is 21.7 Å². The van der Waals surface area contributed by atoms with Gasteiger partial charge in [0.2, 0.25) is 0 Å². The van der Waals surface area contributed by atoms with E-state index in [2.05, 4.69) is 15.2 Å². The van der Waals surface area contributed by atoms with E-state index in [0.29, 0.717) is 39.5 Å². The number of likely N-dealkylation sites (tertiary alicyclic amines) is 1. The number of nitrogens with zero attached hydrogens (tertiary/aromatic N) is 4. The zero-order valence-corrected chi connectivity index (χ0v) is 21.5. The zero-order valence-electron chi connectivity index (χ0n) is 21.5. The maximum Gasteiger partial charge on any atom is 0.270 e. The molecule has 1 saturated heterocycles. The number of nitrogens with one attached hydrogen (secondary N) is 2. The van der Waals surface area contributed by atoms with Crippen LogP contribution in [0.1, 0.15) is 36.8 Å². The van der Waals surface area contributed by atoms with Crippen molar-refractivity contribution in [2.75, 3.05) is 19.6 Å². The van der Waals surface area contributed by atoms with Gasteiger partial charge in [0.25, 0.3) is 23.2 Å². The second kappa shape index (κ2) is 10.0. The van der Waals surface area contributed by atoms with Crippen LogP contribution in [0.25, 0.3) is 33.0 Å². The lowest BCUT2D eigenvalue weighted by atomic mass is 9.95. The van der Waals surface area contributed by atoms with Gasteiger partial charge in [0, 0.05) is 76.1 Å². The number of aryl methyl sites for hydroxylation is 1. The van der Waals surface area contributed by atoms with Gasteiger partial charge >= 0.3 is 0 Å². The minimum Gasteiger partial charge on any atom is -0.361 e. The molecule has 0 aliphatic carbocycles. The van der Waals surface area contributed by atoms with Gasteiger partial charge in [0.1, 0.15) is 0 Å². The molecule has 2 aliphatic heterocycles. The molecule has 0 unspecified atom stereocenters. The van der Waals surface area contributed by atoms with E-state index in [-0.39, 0.29) is 22.5 Å². The Labute approximate surface area is 227 Å². The number of H-pyrrole nitrogens is 1. The minimum absolute atomic E-state index is 0.0654. The summed E-state index contributed by atoms with van der Waals surface area (Å²) in [4.78, 5) is 53.8. The molecule has 0 spiro atoms. The Bertz CT molecular complexity index is 1740. The average molecular weight is 543 g/mol. The van der Waals surface area contributed by atoms with E-state index in [9.17, 15) is 29.8 Å². The maximum atomic E-state index is 13.2. The Morgan fingerprint density at radius 1 is 0.800 bits per heavy atom. The average Bonchev–Trinajstić information content (AvgIpc) is 3.60. The summed E-state index contributed by atoms with van der Waals surface area (Å²) in [5.41, 5.74) is 1.88. The first kappa shape index (κ1) is 25.4.